The van der Waals surface area contributed by atoms with Gasteiger partial charge in [0.15, 0.2) is 0 Å². The Morgan fingerprint density at radius 3 is 2.47 bits per heavy atom. The van der Waals surface area contributed by atoms with Crippen molar-refractivity contribution in [1.29, 1.82) is 0 Å². The van der Waals surface area contributed by atoms with Crippen LogP contribution in [-0.2, 0) is 0 Å². The van der Waals surface area contributed by atoms with Crippen LogP contribution in [-0.4, -0.2) is 9.97 Å². The molecule has 0 saturated carbocycles. The quantitative estimate of drug-likeness (QED) is 0.820. The molecule has 0 saturated heterocycles. The number of nitrogens with zero attached hydrogens (tertiary/aromatic N) is 2. The minimum Gasteiger partial charge on any atom is -0.344 e. The minimum atomic E-state index is 0.405. The smallest absolute Gasteiger partial charge is 0.133 e. The van der Waals surface area contributed by atoms with Crippen LogP contribution in [0.25, 0.3) is 0 Å². The second-order valence-corrected chi connectivity index (χ2v) is 4.29. The lowest BCUT2D eigenvalue weighted by atomic mass is 10.1. The highest BCUT2D eigenvalue weighted by Gasteiger charge is 2.05. The summed E-state index contributed by atoms with van der Waals surface area (Å²) in [4.78, 5) is 8.37. The SMILES string of the molecule is C=C(Nc1cc(C(C)C)ncn1)C(C)C. The van der Waals surface area contributed by atoms with Crippen LogP contribution in [0.2, 0.25) is 0 Å². The summed E-state index contributed by atoms with van der Waals surface area (Å²) in [5.74, 6) is 1.65. The molecule has 82 valence electrons. The lowest BCUT2D eigenvalue weighted by molar-refractivity contribution is 0.773. The van der Waals surface area contributed by atoms with E-state index in [1.54, 1.807) is 6.33 Å². The highest BCUT2D eigenvalue weighted by atomic mass is 15.0. The van der Waals surface area contributed by atoms with Crippen LogP contribution in [0, 0.1) is 5.92 Å². The molecule has 0 aliphatic rings. The zero-order valence-corrected chi connectivity index (χ0v) is 9.91. The molecule has 3 nitrogen and oxygen atoms in total. The molecule has 1 N–H and O–H groups in total. The van der Waals surface area contributed by atoms with Crippen molar-refractivity contribution in [3.05, 3.63) is 30.4 Å². The van der Waals surface area contributed by atoms with Crippen molar-refractivity contribution in [3.8, 4) is 0 Å². The number of nitrogens with one attached hydrogen (secondary N) is 1. The van der Waals surface area contributed by atoms with Gasteiger partial charge in [-0.25, -0.2) is 9.97 Å². The molecular weight excluding hydrogens is 186 g/mol. The molecule has 0 aliphatic heterocycles. The predicted molar refractivity (Wildman–Crippen MR) is 63.7 cm³/mol. The molecule has 0 aromatic carbocycles. The first-order valence-corrected chi connectivity index (χ1v) is 5.28. The average Bonchev–Trinajstić information content (AvgIpc) is 2.18. The molecule has 0 atom stereocenters. The predicted octanol–water partition coefficient (Wildman–Crippen LogP) is 3.18. The Balaban J connectivity index is 2.78. The number of rotatable bonds is 4. The highest BCUT2D eigenvalue weighted by molar-refractivity contribution is 5.41. The Labute approximate surface area is 91.7 Å². The van der Waals surface area contributed by atoms with Crippen molar-refractivity contribution >= 4 is 5.82 Å². The number of hydrogen-bond acceptors (Lipinski definition) is 3. The Kier molecular flexibility index (Phi) is 3.83. The fourth-order valence-electron chi connectivity index (χ4n) is 1.07. The fraction of sp³-hybridized carbons (Fsp3) is 0.500. The van der Waals surface area contributed by atoms with Gasteiger partial charge in [-0.2, -0.15) is 0 Å². The van der Waals surface area contributed by atoms with Crippen LogP contribution < -0.4 is 5.32 Å². The van der Waals surface area contributed by atoms with E-state index in [9.17, 15) is 0 Å². The van der Waals surface area contributed by atoms with Crippen molar-refractivity contribution in [1.82, 2.24) is 9.97 Å². The maximum Gasteiger partial charge on any atom is 0.133 e. The number of hydrogen-bond donors (Lipinski definition) is 1. The zero-order chi connectivity index (χ0) is 11.4. The van der Waals surface area contributed by atoms with Gasteiger partial charge in [0.1, 0.15) is 12.1 Å². The molecule has 15 heavy (non-hydrogen) atoms. The first kappa shape index (κ1) is 11.7. The van der Waals surface area contributed by atoms with Gasteiger partial charge in [-0.1, -0.05) is 34.3 Å². The summed E-state index contributed by atoms with van der Waals surface area (Å²) in [6, 6.07) is 1.97. The van der Waals surface area contributed by atoms with Crippen molar-refractivity contribution < 1.29 is 0 Å². The second-order valence-electron chi connectivity index (χ2n) is 4.29. The normalized spacial score (nSPS) is 10.8. The first-order valence-electron chi connectivity index (χ1n) is 5.28. The van der Waals surface area contributed by atoms with Gasteiger partial charge in [0.25, 0.3) is 0 Å². The minimum absolute atomic E-state index is 0.405. The van der Waals surface area contributed by atoms with E-state index in [0.29, 0.717) is 11.8 Å². The van der Waals surface area contributed by atoms with Gasteiger partial charge in [-0.15, -0.1) is 0 Å². The van der Waals surface area contributed by atoms with E-state index < -0.39 is 0 Å². The molecule has 3 heteroatoms. The summed E-state index contributed by atoms with van der Waals surface area (Å²) in [7, 11) is 0. The van der Waals surface area contributed by atoms with E-state index in [1.807, 2.05) is 6.07 Å². The fourth-order valence-corrected chi connectivity index (χ4v) is 1.07. The van der Waals surface area contributed by atoms with E-state index in [0.717, 1.165) is 17.2 Å². The van der Waals surface area contributed by atoms with Gasteiger partial charge >= 0.3 is 0 Å². The Morgan fingerprint density at radius 1 is 1.27 bits per heavy atom. The lowest BCUT2D eigenvalue weighted by Gasteiger charge is -2.12. The van der Waals surface area contributed by atoms with Crippen LogP contribution in [0.5, 0.6) is 0 Å². The second kappa shape index (κ2) is 4.91. The Hall–Kier alpha value is -1.38. The molecule has 0 spiro atoms. The lowest BCUT2D eigenvalue weighted by Crippen LogP contribution is -2.07. The van der Waals surface area contributed by atoms with Gasteiger partial charge in [-0.05, 0) is 11.8 Å². The first-order chi connectivity index (χ1) is 7.00. The van der Waals surface area contributed by atoms with Gasteiger partial charge in [0.2, 0.25) is 0 Å². The maximum absolute atomic E-state index is 4.21. The molecule has 0 amide bonds. The molecule has 0 bridgehead atoms. The molecule has 1 aromatic rings. The van der Waals surface area contributed by atoms with Crippen LogP contribution >= 0.6 is 0 Å². The molecule has 1 rings (SSSR count). The third-order valence-electron chi connectivity index (χ3n) is 2.27. The number of allylic oxidation sites excluding steroid dienone is 1. The van der Waals surface area contributed by atoms with E-state index in [-0.39, 0.29) is 0 Å². The molecule has 0 fully saturated rings. The Morgan fingerprint density at radius 2 is 1.93 bits per heavy atom. The molecule has 0 unspecified atom stereocenters. The topological polar surface area (TPSA) is 37.8 Å². The summed E-state index contributed by atoms with van der Waals surface area (Å²) >= 11 is 0. The van der Waals surface area contributed by atoms with Gasteiger partial charge < -0.3 is 5.32 Å². The van der Waals surface area contributed by atoms with Crippen molar-refractivity contribution in [3.63, 3.8) is 0 Å². The average molecular weight is 205 g/mol. The van der Waals surface area contributed by atoms with E-state index in [4.69, 9.17) is 0 Å². The zero-order valence-electron chi connectivity index (χ0n) is 9.91. The van der Waals surface area contributed by atoms with Crippen LogP contribution in [0.4, 0.5) is 5.82 Å². The van der Waals surface area contributed by atoms with Crippen molar-refractivity contribution in [2.45, 2.75) is 33.6 Å². The van der Waals surface area contributed by atoms with Crippen molar-refractivity contribution in [2.24, 2.45) is 5.92 Å². The molecular formula is C12H19N3. The summed E-state index contributed by atoms with van der Waals surface area (Å²) in [5.41, 5.74) is 2.02. The summed E-state index contributed by atoms with van der Waals surface area (Å²) in [6.45, 7) is 12.4. The summed E-state index contributed by atoms with van der Waals surface area (Å²) in [6.07, 6.45) is 1.59. The molecule has 0 aliphatic carbocycles. The van der Waals surface area contributed by atoms with Gasteiger partial charge in [0, 0.05) is 17.5 Å². The van der Waals surface area contributed by atoms with Crippen molar-refractivity contribution in [2.75, 3.05) is 5.32 Å². The van der Waals surface area contributed by atoms with Crippen LogP contribution in [0.15, 0.2) is 24.7 Å². The summed E-state index contributed by atoms with van der Waals surface area (Å²) < 4.78 is 0. The number of aromatic nitrogens is 2. The van der Waals surface area contributed by atoms with Crippen LogP contribution in [0.3, 0.4) is 0 Å². The number of anilines is 1. The van der Waals surface area contributed by atoms with Gasteiger partial charge in [-0.3, -0.25) is 0 Å². The van der Waals surface area contributed by atoms with E-state index >= 15 is 0 Å². The van der Waals surface area contributed by atoms with E-state index in [2.05, 4.69) is 49.6 Å². The maximum atomic E-state index is 4.21. The van der Waals surface area contributed by atoms with Crippen LogP contribution in [0.1, 0.15) is 39.3 Å². The largest absolute Gasteiger partial charge is 0.344 e. The third kappa shape index (κ3) is 3.35. The molecule has 1 heterocycles. The van der Waals surface area contributed by atoms with Gasteiger partial charge in [0.05, 0.1) is 0 Å². The standard InChI is InChI=1S/C12H19N3/c1-8(2)10(5)15-12-6-11(9(3)4)13-7-14-12/h6-9H,5H2,1-4H3,(H,13,14,15). The summed E-state index contributed by atoms with van der Waals surface area (Å²) in [5, 5.41) is 3.19. The molecule has 0 radical (unpaired) electrons. The highest BCUT2D eigenvalue weighted by Crippen LogP contribution is 2.16. The molecule has 1 aromatic heterocycles. The Bertz CT molecular complexity index is 342. The van der Waals surface area contributed by atoms with E-state index in [1.165, 1.54) is 0 Å². The monoisotopic (exact) mass is 205 g/mol. The third-order valence-corrected chi connectivity index (χ3v) is 2.27.